The predicted molar refractivity (Wildman–Crippen MR) is 235 cm³/mol. The van der Waals surface area contributed by atoms with Gasteiger partial charge in [-0.05, 0) is 134 Å². The van der Waals surface area contributed by atoms with Crippen molar-refractivity contribution < 1.29 is 0 Å². The van der Waals surface area contributed by atoms with Gasteiger partial charge in [0.1, 0.15) is 0 Å². The number of allylic oxidation sites excluding steroid dienone is 4. The molecule has 1 spiro atoms. The predicted octanol–water partition coefficient (Wildman–Crippen LogP) is 12.4. The van der Waals surface area contributed by atoms with Crippen molar-refractivity contribution in [3.63, 3.8) is 0 Å². The van der Waals surface area contributed by atoms with Gasteiger partial charge in [-0.1, -0.05) is 167 Å². The van der Waals surface area contributed by atoms with Gasteiger partial charge in [0.25, 0.3) is 0 Å². The average molecular weight is 746 g/mol. The van der Waals surface area contributed by atoms with E-state index in [1.165, 1.54) is 83.0 Å². The van der Waals surface area contributed by atoms with E-state index in [9.17, 15) is 0 Å². The molecule has 0 radical (unpaired) electrons. The number of fused-ring (bicyclic) bond motifs is 8. The lowest BCUT2D eigenvalue weighted by Gasteiger charge is -2.44. The molecule has 5 aliphatic carbocycles. The number of hydrogen-bond donors (Lipinski definition) is 3. The fourth-order valence-corrected chi connectivity index (χ4v) is 12.4. The minimum absolute atomic E-state index is 0.0187. The first kappa shape index (κ1) is 35.4. The van der Waals surface area contributed by atoms with Gasteiger partial charge in [-0.3, -0.25) is 16.0 Å². The molecule has 1 saturated carbocycles. The standard InChI is InChI=1S/C54H55N3/c1-53(2)47-33-44-42-25-10-11-28-46(42)54(29-12-5-13-30-54)48(44)34-45(47)43-27-16-26-41(49(43)53)39-23-14-21-37(31-39)38-22-15-24-40(32-38)52-56-50(35-17-6-3-7-18-35)55-51(57-52)36-19-8-4-9-20-36/h3,6-8,10-11,14-28,31-32,34,44,47-48,50-52,55-57H,4-5,9,12-13,29-30,33H2,1-2H3. The van der Waals surface area contributed by atoms with Crippen molar-refractivity contribution in [3.8, 4) is 22.3 Å². The molecular formula is C54H55N3. The van der Waals surface area contributed by atoms with Crippen LogP contribution in [0.25, 0.3) is 27.8 Å². The molecule has 11 rings (SSSR count). The maximum absolute atomic E-state index is 3.91. The van der Waals surface area contributed by atoms with Crippen molar-refractivity contribution in [2.75, 3.05) is 0 Å². The molecule has 3 N–H and O–H groups in total. The van der Waals surface area contributed by atoms with E-state index >= 15 is 0 Å². The third-order valence-electron chi connectivity index (χ3n) is 15.0. The molecule has 3 heteroatoms. The molecule has 1 aliphatic heterocycles. The number of nitrogens with one attached hydrogen (secondary N) is 3. The second-order valence-corrected chi connectivity index (χ2v) is 18.4. The highest BCUT2D eigenvalue weighted by atomic mass is 15.4. The fourth-order valence-electron chi connectivity index (χ4n) is 12.4. The molecule has 6 unspecified atom stereocenters. The van der Waals surface area contributed by atoms with Crippen LogP contribution in [0.3, 0.4) is 0 Å². The van der Waals surface area contributed by atoms with Crippen LogP contribution >= 0.6 is 0 Å². The van der Waals surface area contributed by atoms with E-state index in [1.807, 2.05) is 0 Å². The Labute approximate surface area is 339 Å². The molecule has 0 aromatic heterocycles. The third kappa shape index (κ3) is 5.80. The van der Waals surface area contributed by atoms with E-state index in [0.29, 0.717) is 23.2 Å². The molecule has 1 saturated heterocycles. The first-order chi connectivity index (χ1) is 28.0. The first-order valence-corrected chi connectivity index (χ1v) is 21.8. The summed E-state index contributed by atoms with van der Waals surface area (Å²) in [5.41, 5.74) is 17.4. The van der Waals surface area contributed by atoms with E-state index in [-0.39, 0.29) is 23.9 Å². The second-order valence-electron chi connectivity index (χ2n) is 18.4. The summed E-state index contributed by atoms with van der Waals surface area (Å²) in [5.74, 6) is 1.76. The van der Waals surface area contributed by atoms with Gasteiger partial charge < -0.3 is 0 Å². The molecule has 5 aromatic carbocycles. The number of hydrogen-bond acceptors (Lipinski definition) is 3. The van der Waals surface area contributed by atoms with Crippen LogP contribution in [0.15, 0.2) is 151 Å². The van der Waals surface area contributed by atoms with Gasteiger partial charge in [0.2, 0.25) is 0 Å². The topological polar surface area (TPSA) is 36.1 Å². The monoisotopic (exact) mass is 745 g/mol. The molecule has 286 valence electrons. The average Bonchev–Trinajstić information content (AvgIpc) is 3.67. The molecule has 1 heterocycles. The molecule has 3 nitrogen and oxygen atoms in total. The second kappa shape index (κ2) is 13.9. The van der Waals surface area contributed by atoms with Crippen molar-refractivity contribution in [1.82, 2.24) is 16.0 Å². The highest BCUT2D eigenvalue weighted by Crippen LogP contribution is 2.66. The normalized spacial score (nSPS) is 27.8. The van der Waals surface area contributed by atoms with Gasteiger partial charge in [-0.25, -0.2) is 0 Å². The Hall–Kier alpha value is -4.80. The summed E-state index contributed by atoms with van der Waals surface area (Å²) < 4.78 is 0. The molecule has 0 bridgehead atoms. The first-order valence-electron chi connectivity index (χ1n) is 21.8. The zero-order chi connectivity index (χ0) is 38.1. The number of rotatable bonds is 5. The lowest BCUT2D eigenvalue weighted by molar-refractivity contribution is 0.201. The maximum Gasteiger partial charge on any atom is 0.0864 e. The summed E-state index contributed by atoms with van der Waals surface area (Å²) in [5, 5.41) is 11.6. The summed E-state index contributed by atoms with van der Waals surface area (Å²) in [6.07, 6.45) is 20.1. The Morgan fingerprint density at radius 1 is 0.596 bits per heavy atom. The zero-order valence-corrected chi connectivity index (χ0v) is 33.5. The Morgan fingerprint density at radius 3 is 2.11 bits per heavy atom. The SMILES string of the molecule is CC1(C)c2c(cccc2-c2cccc(-c3cccc(C4NC(C5=CCCC=C5)NC(c5ccccc5)N4)c3)c2)C2=CC3C(CC21)c1ccccc1C31CCCCC1. The summed E-state index contributed by atoms with van der Waals surface area (Å²) in [7, 11) is 0. The van der Waals surface area contributed by atoms with Crippen LogP contribution in [-0.2, 0) is 10.8 Å². The van der Waals surface area contributed by atoms with Crippen LogP contribution in [0, 0.1) is 11.8 Å². The zero-order valence-electron chi connectivity index (χ0n) is 33.5. The van der Waals surface area contributed by atoms with Crippen LogP contribution in [0.4, 0.5) is 0 Å². The van der Waals surface area contributed by atoms with Gasteiger partial charge in [0, 0.05) is 5.41 Å². The van der Waals surface area contributed by atoms with Crippen LogP contribution in [0.1, 0.15) is 117 Å². The highest BCUT2D eigenvalue weighted by Gasteiger charge is 2.56. The Kier molecular flexibility index (Phi) is 8.65. The highest BCUT2D eigenvalue weighted by molar-refractivity contribution is 5.87. The van der Waals surface area contributed by atoms with Crippen LogP contribution in [0.5, 0.6) is 0 Å². The number of benzene rings is 5. The van der Waals surface area contributed by atoms with Crippen LogP contribution in [0.2, 0.25) is 0 Å². The van der Waals surface area contributed by atoms with Gasteiger partial charge >= 0.3 is 0 Å². The summed E-state index contributed by atoms with van der Waals surface area (Å²) in [6.45, 7) is 5.08. The minimum atomic E-state index is -0.0187. The lowest BCUT2D eigenvalue weighted by Crippen LogP contribution is -2.59. The van der Waals surface area contributed by atoms with Crippen molar-refractivity contribution in [2.24, 2.45) is 11.8 Å². The van der Waals surface area contributed by atoms with Crippen LogP contribution in [-0.4, -0.2) is 6.17 Å². The molecule has 6 aliphatic rings. The van der Waals surface area contributed by atoms with Crippen molar-refractivity contribution >= 4 is 5.57 Å². The molecule has 6 atom stereocenters. The Bertz CT molecular complexity index is 2430. The summed E-state index contributed by atoms with van der Waals surface area (Å²) >= 11 is 0. The van der Waals surface area contributed by atoms with Gasteiger partial charge in [0.15, 0.2) is 0 Å². The van der Waals surface area contributed by atoms with Gasteiger partial charge in [0.05, 0.1) is 18.5 Å². The summed E-state index contributed by atoms with van der Waals surface area (Å²) in [4.78, 5) is 0. The summed E-state index contributed by atoms with van der Waals surface area (Å²) in [6, 6.07) is 46.0. The quantitative estimate of drug-likeness (QED) is 0.168. The van der Waals surface area contributed by atoms with Crippen LogP contribution < -0.4 is 16.0 Å². The largest absolute Gasteiger partial charge is 0.279 e. The van der Waals surface area contributed by atoms with E-state index in [4.69, 9.17) is 0 Å². The third-order valence-corrected chi connectivity index (χ3v) is 15.0. The molecule has 57 heavy (non-hydrogen) atoms. The maximum atomic E-state index is 3.91. The molecular weight excluding hydrogens is 691 g/mol. The van der Waals surface area contributed by atoms with Crippen molar-refractivity contribution in [3.05, 3.63) is 185 Å². The molecule has 5 aromatic rings. The van der Waals surface area contributed by atoms with E-state index in [2.05, 4.69) is 175 Å². The molecule has 2 fully saturated rings. The smallest absolute Gasteiger partial charge is 0.0864 e. The Morgan fingerprint density at radius 2 is 1.28 bits per heavy atom. The Balaban J connectivity index is 0.934. The fraction of sp³-hybridized carbons (Fsp3) is 0.333. The van der Waals surface area contributed by atoms with E-state index in [0.717, 1.165) is 12.8 Å². The lowest BCUT2D eigenvalue weighted by atomic mass is 9.59. The minimum Gasteiger partial charge on any atom is -0.279 e. The van der Waals surface area contributed by atoms with E-state index in [1.54, 1.807) is 22.3 Å². The van der Waals surface area contributed by atoms with Crippen molar-refractivity contribution in [2.45, 2.75) is 100 Å². The van der Waals surface area contributed by atoms with Gasteiger partial charge in [-0.2, -0.15) is 0 Å². The van der Waals surface area contributed by atoms with Crippen molar-refractivity contribution in [1.29, 1.82) is 0 Å². The van der Waals surface area contributed by atoms with Gasteiger partial charge in [-0.15, -0.1) is 0 Å². The van der Waals surface area contributed by atoms with E-state index < -0.39 is 0 Å². The molecule has 0 amide bonds.